The number of aryl methyl sites for hydroxylation is 1. The van der Waals surface area contributed by atoms with Gasteiger partial charge in [-0.2, -0.15) is 13.2 Å². The van der Waals surface area contributed by atoms with Crippen molar-refractivity contribution in [2.75, 3.05) is 20.2 Å². The summed E-state index contributed by atoms with van der Waals surface area (Å²) in [5, 5.41) is 0.107. The number of hydrogen-bond donors (Lipinski definition) is 0. The molecule has 37 heavy (non-hydrogen) atoms. The van der Waals surface area contributed by atoms with E-state index in [1.807, 2.05) is 0 Å². The molecule has 2 heterocycles. The third-order valence-electron chi connectivity index (χ3n) is 6.64. The van der Waals surface area contributed by atoms with E-state index >= 15 is 0 Å². The molecule has 4 rings (SSSR count). The highest BCUT2D eigenvalue weighted by atomic mass is 35.5. The van der Waals surface area contributed by atoms with Crippen molar-refractivity contribution >= 4 is 51.9 Å². The highest BCUT2D eigenvalue weighted by Gasteiger charge is 2.32. The number of alkyl halides is 3. The fraction of sp³-hybridized carbons (Fsp3) is 0.346. The zero-order chi connectivity index (χ0) is 27.1. The number of piperidine rings is 1. The zero-order valence-corrected chi connectivity index (χ0v) is 21.5. The summed E-state index contributed by atoms with van der Waals surface area (Å²) < 4.78 is 45.6. The summed E-state index contributed by atoms with van der Waals surface area (Å²) in [6.45, 7) is 2.30. The third kappa shape index (κ3) is 5.33. The van der Waals surface area contributed by atoms with Gasteiger partial charge in [0.15, 0.2) is 0 Å². The fourth-order valence-corrected chi connectivity index (χ4v) is 5.30. The maximum Gasteiger partial charge on any atom is 0.416 e. The Balaban J connectivity index is 1.63. The van der Waals surface area contributed by atoms with Crippen molar-refractivity contribution in [3.63, 3.8) is 0 Å². The number of methoxy groups -OCH3 is 1. The lowest BCUT2D eigenvalue weighted by molar-refractivity contribution is -0.142. The molecule has 0 aliphatic carbocycles. The number of aromatic nitrogens is 1. The van der Waals surface area contributed by atoms with Crippen LogP contribution in [-0.2, 0) is 15.7 Å². The van der Waals surface area contributed by atoms with Crippen LogP contribution < -0.4 is 0 Å². The molecule has 1 amide bonds. The first-order chi connectivity index (χ1) is 17.4. The van der Waals surface area contributed by atoms with Gasteiger partial charge in [-0.1, -0.05) is 23.2 Å². The summed E-state index contributed by atoms with van der Waals surface area (Å²) in [6, 6.07) is 6.19. The van der Waals surface area contributed by atoms with E-state index in [0.29, 0.717) is 25.9 Å². The maximum absolute atomic E-state index is 13.5. The number of fused-ring (bicyclic) bond motifs is 1. The largest absolute Gasteiger partial charge is 0.469 e. The SMILES string of the molecule is COC(=O)CC1CCN(C(=O)c2ccc(Cl)c(C(=O)n3ccc4cc(C(F)(F)F)cc(C)c43)c2Cl)CC1. The van der Waals surface area contributed by atoms with Crippen LogP contribution in [0.3, 0.4) is 0 Å². The Morgan fingerprint density at radius 2 is 1.73 bits per heavy atom. The molecule has 0 saturated carbocycles. The van der Waals surface area contributed by atoms with E-state index in [1.165, 1.54) is 43.0 Å². The average Bonchev–Trinajstić information content (AvgIpc) is 3.28. The van der Waals surface area contributed by atoms with Crippen molar-refractivity contribution in [1.82, 2.24) is 9.47 Å². The standard InChI is InChI=1S/C26H23Cl2F3N2O4/c1-14-11-17(26(29,30)31)13-16-7-10-33(23(14)16)25(36)21-19(27)4-3-18(22(21)28)24(35)32-8-5-15(6-9-32)12-20(34)37-2/h3-4,7,10-11,13,15H,5-6,8-9,12H2,1-2H3. The van der Waals surface area contributed by atoms with Crippen LogP contribution in [0.4, 0.5) is 13.2 Å². The van der Waals surface area contributed by atoms with Crippen molar-refractivity contribution in [1.29, 1.82) is 0 Å². The molecule has 196 valence electrons. The zero-order valence-electron chi connectivity index (χ0n) is 20.0. The summed E-state index contributed by atoms with van der Waals surface area (Å²) >= 11 is 12.9. The second-order valence-electron chi connectivity index (χ2n) is 9.02. The number of carbonyl (C=O) groups excluding carboxylic acids is 3. The third-order valence-corrected chi connectivity index (χ3v) is 7.35. The smallest absolute Gasteiger partial charge is 0.416 e. The monoisotopic (exact) mass is 554 g/mol. The van der Waals surface area contributed by atoms with Gasteiger partial charge in [-0.05, 0) is 61.6 Å². The average molecular weight is 555 g/mol. The molecule has 0 atom stereocenters. The van der Waals surface area contributed by atoms with Crippen molar-refractivity contribution < 1.29 is 32.3 Å². The van der Waals surface area contributed by atoms with Gasteiger partial charge in [0.25, 0.3) is 11.8 Å². The van der Waals surface area contributed by atoms with Crippen LogP contribution in [0.5, 0.6) is 0 Å². The first-order valence-electron chi connectivity index (χ1n) is 11.5. The van der Waals surface area contributed by atoms with Crippen LogP contribution in [0.15, 0.2) is 36.5 Å². The molecule has 1 fully saturated rings. The Hall–Kier alpha value is -3.04. The van der Waals surface area contributed by atoms with Gasteiger partial charge >= 0.3 is 12.1 Å². The molecule has 0 unspecified atom stereocenters. The molecule has 6 nitrogen and oxygen atoms in total. The second-order valence-corrected chi connectivity index (χ2v) is 9.80. The second kappa shape index (κ2) is 10.4. The number of carbonyl (C=O) groups is 3. The number of esters is 1. The van der Waals surface area contributed by atoms with Crippen molar-refractivity contribution in [3.05, 3.63) is 68.8 Å². The van der Waals surface area contributed by atoms with Gasteiger partial charge in [0.2, 0.25) is 0 Å². The number of likely N-dealkylation sites (tertiary alicyclic amines) is 1. The number of benzene rings is 2. The number of hydrogen-bond acceptors (Lipinski definition) is 4. The molecule has 0 N–H and O–H groups in total. The Bertz CT molecular complexity index is 1390. The maximum atomic E-state index is 13.5. The molecule has 1 saturated heterocycles. The molecular weight excluding hydrogens is 532 g/mol. The van der Waals surface area contributed by atoms with E-state index in [2.05, 4.69) is 0 Å². The van der Waals surface area contributed by atoms with Crippen LogP contribution in [0.2, 0.25) is 10.0 Å². The molecule has 0 radical (unpaired) electrons. The number of nitrogens with zero attached hydrogens (tertiary/aromatic N) is 2. The number of amides is 1. The first kappa shape index (κ1) is 27.0. The van der Waals surface area contributed by atoms with Gasteiger partial charge < -0.3 is 9.64 Å². The van der Waals surface area contributed by atoms with Crippen LogP contribution in [-0.4, -0.2) is 47.4 Å². The minimum atomic E-state index is -4.53. The lowest BCUT2D eigenvalue weighted by Gasteiger charge is -2.32. The van der Waals surface area contributed by atoms with Crippen molar-refractivity contribution in [2.45, 2.75) is 32.4 Å². The summed E-state index contributed by atoms with van der Waals surface area (Å²) in [5.41, 5.74) is -0.311. The number of rotatable bonds is 4. The van der Waals surface area contributed by atoms with Gasteiger partial charge in [0, 0.05) is 31.1 Å². The molecular formula is C26H23Cl2F3N2O4. The number of halogens is 5. The van der Waals surface area contributed by atoms with Gasteiger partial charge in [0.05, 0.1) is 39.4 Å². The van der Waals surface area contributed by atoms with E-state index in [9.17, 15) is 27.6 Å². The molecule has 1 aromatic heterocycles. The normalized spacial score (nSPS) is 14.7. The van der Waals surface area contributed by atoms with Crippen LogP contribution >= 0.6 is 23.2 Å². The van der Waals surface area contributed by atoms with E-state index < -0.39 is 17.6 Å². The Kier molecular flexibility index (Phi) is 7.57. The first-order valence-corrected chi connectivity index (χ1v) is 12.3. The van der Waals surface area contributed by atoms with E-state index in [1.54, 1.807) is 4.90 Å². The Morgan fingerprint density at radius 3 is 2.35 bits per heavy atom. The highest BCUT2D eigenvalue weighted by molar-refractivity contribution is 6.41. The van der Waals surface area contributed by atoms with Crippen LogP contribution in [0.1, 0.15) is 51.1 Å². The summed E-state index contributed by atoms with van der Waals surface area (Å²) in [6.07, 6.45) is -1.65. The van der Waals surface area contributed by atoms with Crippen LogP contribution in [0, 0.1) is 12.8 Å². The molecule has 0 spiro atoms. The predicted octanol–water partition coefficient (Wildman–Crippen LogP) is 6.38. The minimum absolute atomic E-state index is 0.00903. The minimum Gasteiger partial charge on any atom is -0.469 e. The van der Waals surface area contributed by atoms with Gasteiger partial charge in [-0.25, -0.2) is 0 Å². The Labute approximate surface area is 220 Å². The van der Waals surface area contributed by atoms with Gasteiger partial charge in [-0.15, -0.1) is 0 Å². The molecule has 1 aliphatic heterocycles. The molecule has 2 aromatic carbocycles. The molecule has 0 bridgehead atoms. The van der Waals surface area contributed by atoms with Crippen molar-refractivity contribution in [2.24, 2.45) is 5.92 Å². The molecule has 3 aromatic rings. The van der Waals surface area contributed by atoms with Gasteiger partial charge in [-0.3, -0.25) is 19.0 Å². The van der Waals surface area contributed by atoms with E-state index in [0.717, 1.165) is 12.1 Å². The topological polar surface area (TPSA) is 68.6 Å². The predicted molar refractivity (Wildman–Crippen MR) is 133 cm³/mol. The summed E-state index contributed by atoms with van der Waals surface area (Å²) in [5.74, 6) is -1.23. The van der Waals surface area contributed by atoms with Crippen LogP contribution in [0.25, 0.3) is 10.9 Å². The lowest BCUT2D eigenvalue weighted by Crippen LogP contribution is -2.39. The summed E-state index contributed by atoms with van der Waals surface area (Å²) in [7, 11) is 1.33. The van der Waals surface area contributed by atoms with Gasteiger partial charge in [0.1, 0.15) is 0 Å². The Morgan fingerprint density at radius 1 is 1.05 bits per heavy atom. The highest BCUT2D eigenvalue weighted by Crippen LogP contribution is 2.36. The number of ether oxygens (including phenoxy) is 1. The lowest BCUT2D eigenvalue weighted by atomic mass is 9.93. The molecule has 11 heteroatoms. The molecule has 1 aliphatic rings. The fourth-order valence-electron chi connectivity index (χ4n) is 4.69. The quantitative estimate of drug-likeness (QED) is 0.351. The van der Waals surface area contributed by atoms with E-state index in [4.69, 9.17) is 27.9 Å². The van der Waals surface area contributed by atoms with E-state index in [-0.39, 0.29) is 61.9 Å². The van der Waals surface area contributed by atoms with Crippen molar-refractivity contribution in [3.8, 4) is 0 Å². The summed E-state index contributed by atoms with van der Waals surface area (Å²) in [4.78, 5) is 39.9.